The molecule has 10 nitrogen and oxygen atoms in total. The maximum atomic E-state index is 12.2. The van der Waals surface area contributed by atoms with Gasteiger partial charge in [-0.15, -0.1) is 10.2 Å². The van der Waals surface area contributed by atoms with Crippen LogP contribution in [0.4, 0.5) is 11.6 Å². The number of amides is 2. The van der Waals surface area contributed by atoms with Crippen LogP contribution in [0.15, 0.2) is 73.3 Å². The third-order valence-electron chi connectivity index (χ3n) is 6.35. The summed E-state index contributed by atoms with van der Waals surface area (Å²) in [6.07, 6.45) is 9.98. The Labute approximate surface area is 214 Å². The fraction of sp³-hybridized carbons (Fsp3) is 0.259. The number of rotatable bonds is 8. The van der Waals surface area contributed by atoms with Crippen LogP contribution >= 0.6 is 0 Å². The topological polar surface area (TPSA) is 136 Å². The van der Waals surface area contributed by atoms with E-state index in [1.165, 1.54) is 0 Å². The third kappa shape index (κ3) is 6.54. The molecule has 5 rings (SSSR count). The molecule has 0 aromatic carbocycles. The molecule has 4 aromatic rings. The molecule has 0 radical (unpaired) electrons. The Kier molecular flexibility index (Phi) is 7.44. The second-order valence-electron chi connectivity index (χ2n) is 9.07. The van der Waals surface area contributed by atoms with Gasteiger partial charge >= 0.3 is 0 Å². The van der Waals surface area contributed by atoms with Crippen molar-refractivity contribution in [3.63, 3.8) is 0 Å². The largest absolute Gasteiger partial charge is 0.309 e. The van der Waals surface area contributed by atoms with Crippen molar-refractivity contribution >= 4 is 23.5 Å². The van der Waals surface area contributed by atoms with Crippen molar-refractivity contribution in [1.82, 2.24) is 30.4 Å². The highest BCUT2D eigenvalue weighted by Crippen LogP contribution is 2.42. The Morgan fingerprint density at radius 2 is 1.16 bits per heavy atom. The van der Waals surface area contributed by atoms with Crippen LogP contribution in [0.5, 0.6) is 0 Å². The molecule has 2 amide bonds. The maximum Gasteiger partial charge on any atom is 0.230 e. The van der Waals surface area contributed by atoms with Crippen molar-refractivity contribution < 1.29 is 9.59 Å². The highest BCUT2D eigenvalue weighted by molar-refractivity contribution is 5.91. The lowest BCUT2D eigenvalue weighted by atomic mass is 9.99. The second kappa shape index (κ2) is 11.4. The minimum atomic E-state index is -0.161. The molecule has 0 aliphatic heterocycles. The zero-order chi connectivity index (χ0) is 25.5. The number of aromatic nitrogens is 6. The fourth-order valence-electron chi connectivity index (χ4n) is 4.52. The quantitative estimate of drug-likeness (QED) is 0.380. The molecule has 1 aliphatic carbocycles. The van der Waals surface area contributed by atoms with Crippen molar-refractivity contribution in [3.8, 4) is 0 Å². The van der Waals surface area contributed by atoms with Crippen LogP contribution in [0.3, 0.4) is 0 Å². The van der Waals surface area contributed by atoms with Gasteiger partial charge in [0.05, 0.1) is 24.2 Å². The first-order chi connectivity index (χ1) is 18.1. The monoisotopic (exact) mass is 494 g/mol. The highest BCUT2D eigenvalue weighted by Gasteiger charge is 2.29. The summed E-state index contributed by atoms with van der Waals surface area (Å²) in [7, 11) is 0. The molecular weight excluding hydrogens is 468 g/mol. The van der Waals surface area contributed by atoms with Crippen molar-refractivity contribution in [3.05, 3.63) is 95.8 Å². The summed E-state index contributed by atoms with van der Waals surface area (Å²) in [6, 6.07) is 14.7. The number of nitrogens with one attached hydrogen (secondary N) is 2. The molecule has 4 aromatic heterocycles. The molecule has 4 heterocycles. The zero-order valence-corrected chi connectivity index (χ0v) is 20.1. The van der Waals surface area contributed by atoms with E-state index in [2.05, 4.69) is 41.0 Å². The SMILES string of the molecule is O=C(Cc1cccnc1)Nc1ccc(C2CCC(c3ccc(NC(=O)Cc4cccnc4)nn3)C2)nn1. The summed E-state index contributed by atoms with van der Waals surface area (Å²) < 4.78 is 0. The normalized spacial score (nSPS) is 16.8. The summed E-state index contributed by atoms with van der Waals surface area (Å²) in [6.45, 7) is 0. The Morgan fingerprint density at radius 1 is 0.676 bits per heavy atom. The summed E-state index contributed by atoms with van der Waals surface area (Å²) in [5, 5.41) is 22.7. The molecule has 2 N–H and O–H groups in total. The average Bonchev–Trinajstić information content (AvgIpc) is 3.41. The smallest absolute Gasteiger partial charge is 0.230 e. The first-order valence-corrected chi connectivity index (χ1v) is 12.2. The van der Waals surface area contributed by atoms with Crippen LogP contribution in [0.25, 0.3) is 0 Å². The van der Waals surface area contributed by atoms with Crippen LogP contribution in [-0.2, 0) is 22.4 Å². The molecule has 2 atom stereocenters. The molecule has 1 fully saturated rings. The van der Waals surface area contributed by atoms with E-state index in [9.17, 15) is 9.59 Å². The van der Waals surface area contributed by atoms with E-state index in [1.54, 1.807) is 49.1 Å². The van der Waals surface area contributed by atoms with Gasteiger partial charge in [-0.3, -0.25) is 19.6 Å². The Hall–Kier alpha value is -4.60. The van der Waals surface area contributed by atoms with Gasteiger partial charge in [-0.25, -0.2) is 0 Å². The van der Waals surface area contributed by atoms with Gasteiger partial charge in [-0.1, -0.05) is 12.1 Å². The highest BCUT2D eigenvalue weighted by atomic mass is 16.2. The van der Waals surface area contributed by atoms with Gasteiger partial charge in [0.15, 0.2) is 11.6 Å². The zero-order valence-electron chi connectivity index (χ0n) is 20.1. The first kappa shape index (κ1) is 24.1. The standard InChI is InChI=1S/C27H26N8O2/c36-26(13-18-3-1-11-28-16-18)30-24-9-7-22(32-34-24)20-5-6-21(15-20)23-8-10-25(35-33-23)31-27(37)14-19-4-2-12-29-17-19/h1-4,7-12,16-17,20-21H,5-6,13-15H2,(H,30,34,36)(H,31,35,37). The number of carbonyl (C=O) groups excluding carboxylic acids is 2. The molecule has 37 heavy (non-hydrogen) atoms. The van der Waals surface area contributed by atoms with Crippen molar-refractivity contribution in [2.45, 2.75) is 43.9 Å². The second-order valence-corrected chi connectivity index (χ2v) is 9.07. The molecule has 0 saturated heterocycles. The maximum absolute atomic E-state index is 12.2. The summed E-state index contributed by atoms with van der Waals surface area (Å²) in [4.78, 5) is 32.5. The number of hydrogen-bond donors (Lipinski definition) is 2. The van der Waals surface area contributed by atoms with Gasteiger partial charge in [0.1, 0.15) is 0 Å². The average molecular weight is 495 g/mol. The third-order valence-corrected chi connectivity index (χ3v) is 6.35. The molecule has 2 unspecified atom stereocenters. The van der Waals surface area contributed by atoms with E-state index in [1.807, 2.05) is 24.3 Å². The van der Waals surface area contributed by atoms with Gasteiger partial charge in [0.2, 0.25) is 11.8 Å². The summed E-state index contributed by atoms with van der Waals surface area (Å²) in [5.74, 6) is 1.06. The van der Waals surface area contributed by atoms with Crippen molar-refractivity contribution in [2.24, 2.45) is 0 Å². The van der Waals surface area contributed by atoms with E-state index >= 15 is 0 Å². The Morgan fingerprint density at radius 3 is 1.54 bits per heavy atom. The molecular formula is C27H26N8O2. The predicted octanol–water partition coefficient (Wildman–Crippen LogP) is 3.47. The van der Waals surface area contributed by atoms with Crippen LogP contribution in [-0.4, -0.2) is 42.2 Å². The van der Waals surface area contributed by atoms with Crippen LogP contribution < -0.4 is 10.6 Å². The molecule has 0 spiro atoms. The first-order valence-electron chi connectivity index (χ1n) is 12.2. The molecule has 1 saturated carbocycles. The van der Waals surface area contributed by atoms with E-state index in [0.29, 0.717) is 11.6 Å². The molecule has 0 bridgehead atoms. The van der Waals surface area contributed by atoms with E-state index in [0.717, 1.165) is 41.8 Å². The van der Waals surface area contributed by atoms with E-state index in [4.69, 9.17) is 0 Å². The fourth-order valence-corrected chi connectivity index (χ4v) is 4.52. The van der Waals surface area contributed by atoms with Gasteiger partial charge < -0.3 is 10.6 Å². The number of hydrogen-bond acceptors (Lipinski definition) is 8. The van der Waals surface area contributed by atoms with Crippen molar-refractivity contribution in [1.29, 1.82) is 0 Å². The Bertz CT molecular complexity index is 1230. The van der Waals surface area contributed by atoms with Gasteiger partial charge in [-0.2, -0.15) is 10.2 Å². The van der Waals surface area contributed by atoms with Crippen molar-refractivity contribution in [2.75, 3.05) is 10.6 Å². The van der Waals surface area contributed by atoms with Gasteiger partial charge in [-0.05, 0) is 66.8 Å². The van der Waals surface area contributed by atoms with E-state index < -0.39 is 0 Å². The minimum Gasteiger partial charge on any atom is -0.309 e. The number of anilines is 2. The number of pyridine rings is 2. The van der Waals surface area contributed by atoms with Crippen LogP contribution in [0.2, 0.25) is 0 Å². The summed E-state index contributed by atoms with van der Waals surface area (Å²) in [5.41, 5.74) is 3.48. The van der Waals surface area contributed by atoms with Crippen LogP contribution in [0, 0.1) is 0 Å². The summed E-state index contributed by atoms with van der Waals surface area (Å²) >= 11 is 0. The minimum absolute atomic E-state index is 0.161. The lowest BCUT2D eigenvalue weighted by molar-refractivity contribution is -0.116. The lowest BCUT2D eigenvalue weighted by Gasteiger charge is -2.11. The Balaban J connectivity index is 1.12. The number of nitrogens with zero attached hydrogens (tertiary/aromatic N) is 6. The molecule has 186 valence electrons. The predicted molar refractivity (Wildman–Crippen MR) is 137 cm³/mol. The molecule has 1 aliphatic rings. The van der Waals surface area contributed by atoms with E-state index in [-0.39, 0.29) is 36.5 Å². The van der Waals surface area contributed by atoms with Crippen LogP contribution in [0.1, 0.15) is 53.6 Å². The number of carbonyl (C=O) groups is 2. The molecule has 10 heteroatoms. The van der Waals surface area contributed by atoms with Gasteiger partial charge in [0, 0.05) is 36.6 Å². The van der Waals surface area contributed by atoms with Gasteiger partial charge in [0.25, 0.3) is 0 Å². The lowest BCUT2D eigenvalue weighted by Crippen LogP contribution is -2.16.